The lowest BCUT2D eigenvalue weighted by molar-refractivity contribution is 0.180. The highest BCUT2D eigenvalue weighted by Gasteiger charge is 2.16. The molecule has 18 heavy (non-hydrogen) atoms. The Kier molecular flexibility index (Phi) is 6.85. The molecule has 0 aliphatic rings. The summed E-state index contributed by atoms with van der Waals surface area (Å²) in [5, 5.41) is 3.30. The van der Waals surface area contributed by atoms with Crippen LogP contribution in [0.2, 0.25) is 0 Å². The maximum absolute atomic E-state index is 5.22. The van der Waals surface area contributed by atoms with Gasteiger partial charge in [-0.05, 0) is 42.4 Å². The summed E-state index contributed by atoms with van der Waals surface area (Å²) in [5.74, 6) is 2.29. The van der Waals surface area contributed by atoms with Crippen molar-refractivity contribution < 1.29 is 4.74 Å². The summed E-state index contributed by atoms with van der Waals surface area (Å²) in [6.45, 7) is 7.83. The van der Waals surface area contributed by atoms with Crippen LogP contribution in [0.1, 0.15) is 51.0 Å². The van der Waals surface area contributed by atoms with E-state index in [9.17, 15) is 0 Å². The van der Waals surface area contributed by atoms with Crippen LogP contribution in [0.15, 0.2) is 0 Å². The quantitative estimate of drug-likeness (QED) is 0.753. The largest absolute Gasteiger partial charge is 0.378 e. The molecular weight excluding hydrogens is 341 g/mol. The molecule has 102 valence electrons. The molecule has 0 atom stereocenters. The number of nitrogens with zero attached hydrogens (tertiary/aromatic N) is 2. The van der Waals surface area contributed by atoms with E-state index in [2.05, 4.69) is 58.6 Å². The fourth-order valence-electron chi connectivity index (χ4n) is 1.87. The lowest BCUT2D eigenvalue weighted by Crippen LogP contribution is -2.12. The first-order valence-corrected chi connectivity index (χ1v) is 7.54. The number of nitrogens with one attached hydrogen (secondary N) is 1. The van der Waals surface area contributed by atoms with Crippen LogP contribution >= 0.6 is 22.6 Å². The molecule has 0 saturated heterocycles. The number of rotatable bonds is 7. The van der Waals surface area contributed by atoms with Gasteiger partial charge in [-0.15, -0.1) is 0 Å². The summed E-state index contributed by atoms with van der Waals surface area (Å²) in [7, 11) is 1.70. The molecule has 0 unspecified atom stereocenters. The van der Waals surface area contributed by atoms with Gasteiger partial charge in [-0.1, -0.05) is 13.8 Å². The predicted octanol–water partition coefficient (Wildman–Crippen LogP) is 3.56. The van der Waals surface area contributed by atoms with Crippen molar-refractivity contribution in [1.29, 1.82) is 0 Å². The number of aromatic nitrogens is 2. The first-order valence-electron chi connectivity index (χ1n) is 6.46. The Morgan fingerprint density at radius 1 is 1.22 bits per heavy atom. The van der Waals surface area contributed by atoms with Crippen LogP contribution < -0.4 is 5.32 Å². The van der Waals surface area contributed by atoms with Crippen molar-refractivity contribution >= 4 is 28.4 Å². The van der Waals surface area contributed by atoms with Gasteiger partial charge < -0.3 is 10.1 Å². The highest BCUT2D eigenvalue weighted by atomic mass is 127. The van der Waals surface area contributed by atoms with Crippen molar-refractivity contribution in [3.63, 3.8) is 0 Å². The van der Waals surface area contributed by atoms with E-state index in [4.69, 9.17) is 4.74 Å². The van der Waals surface area contributed by atoms with Crippen molar-refractivity contribution in [2.45, 2.75) is 46.1 Å². The van der Waals surface area contributed by atoms with Gasteiger partial charge in [0.15, 0.2) is 0 Å². The van der Waals surface area contributed by atoms with Crippen LogP contribution in [0, 0.1) is 3.57 Å². The number of anilines is 1. The summed E-state index contributed by atoms with van der Waals surface area (Å²) in [6, 6.07) is 0. The fourth-order valence-corrected chi connectivity index (χ4v) is 2.45. The first-order chi connectivity index (χ1) is 8.67. The van der Waals surface area contributed by atoms with E-state index in [1.807, 2.05) is 0 Å². The molecule has 0 aliphatic carbocycles. The maximum Gasteiger partial charge on any atom is 0.143 e. The number of halogens is 1. The van der Waals surface area contributed by atoms with Gasteiger partial charge in [0, 0.05) is 19.6 Å². The zero-order chi connectivity index (χ0) is 13.5. The molecular formula is C13H22IN3O. The van der Waals surface area contributed by atoms with Gasteiger partial charge in [0.2, 0.25) is 0 Å². The molecule has 1 heterocycles. The standard InChI is InChI=1S/C13H22IN3O/c1-5-9(6-2)12-16-10(8-18-4)11(14)13(17-12)15-7-3/h9H,5-8H2,1-4H3,(H,15,16,17). The molecule has 5 heteroatoms. The number of hydrogen-bond acceptors (Lipinski definition) is 4. The van der Waals surface area contributed by atoms with Crippen LogP contribution in [-0.4, -0.2) is 23.6 Å². The van der Waals surface area contributed by atoms with Crippen molar-refractivity contribution in [2.24, 2.45) is 0 Å². The average Bonchev–Trinajstić information content (AvgIpc) is 2.36. The minimum Gasteiger partial charge on any atom is -0.378 e. The summed E-state index contributed by atoms with van der Waals surface area (Å²) >= 11 is 2.28. The Morgan fingerprint density at radius 2 is 1.89 bits per heavy atom. The molecule has 0 aromatic carbocycles. The van der Waals surface area contributed by atoms with Gasteiger partial charge in [-0.3, -0.25) is 0 Å². The van der Waals surface area contributed by atoms with E-state index in [-0.39, 0.29) is 0 Å². The third kappa shape index (κ3) is 3.78. The molecule has 1 N–H and O–H groups in total. The Bertz CT molecular complexity index is 353. The second kappa shape index (κ2) is 7.89. The monoisotopic (exact) mass is 363 g/mol. The molecule has 0 fully saturated rings. The van der Waals surface area contributed by atoms with E-state index in [1.165, 1.54) is 0 Å². The van der Waals surface area contributed by atoms with Gasteiger partial charge in [-0.2, -0.15) is 0 Å². The Morgan fingerprint density at radius 3 is 2.39 bits per heavy atom. The summed E-state index contributed by atoms with van der Waals surface area (Å²) in [6.07, 6.45) is 2.13. The first kappa shape index (κ1) is 15.6. The van der Waals surface area contributed by atoms with Crippen molar-refractivity contribution in [2.75, 3.05) is 19.0 Å². The minimum atomic E-state index is 0.426. The Hall–Kier alpha value is -0.430. The van der Waals surface area contributed by atoms with Crippen LogP contribution in [0.5, 0.6) is 0 Å². The van der Waals surface area contributed by atoms with E-state index < -0.39 is 0 Å². The highest BCUT2D eigenvalue weighted by molar-refractivity contribution is 14.1. The normalized spacial score (nSPS) is 11.0. The molecule has 1 aromatic heterocycles. The van der Waals surface area contributed by atoms with Crippen LogP contribution in [-0.2, 0) is 11.3 Å². The van der Waals surface area contributed by atoms with E-state index >= 15 is 0 Å². The van der Waals surface area contributed by atoms with Crippen molar-refractivity contribution in [1.82, 2.24) is 9.97 Å². The number of ether oxygens (including phenoxy) is 1. The average molecular weight is 363 g/mol. The summed E-state index contributed by atoms with van der Waals surface area (Å²) < 4.78 is 6.28. The van der Waals surface area contributed by atoms with Crippen molar-refractivity contribution in [3.8, 4) is 0 Å². The van der Waals surface area contributed by atoms with Gasteiger partial charge in [0.05, 0.1) is 15.9 Å². The minimum absolute atomic E-state index is 0.426. The molecule has 0 amide bonds. The third-order valence-corrected chi connectivity index (χ3v) is 4.05. The maximum atomic E-state index is 5.22. The van der Waals surface area contributed by atoms with Gasteiger partial charge in [-0.25, -0.2) is 9.97 Å². The Labute approximate surface area is 123 Å². The van der Waals surface area contributed by atoms with Crippen molar-refractivity contribution in [3.05, 3.63) is 15.1 Å². The molecule has 1 aromatic rings. The fraction of sp³-hybridized carbons (Fsp3) is 0.692. The molecule has 1 rings (SSSR count). The smallest absolute Gasteiger partial charge is 0.143 e. The topological polar surface area (TPSA) is 47.0 Å². The van der Waals surface area contributed by atoms with Gasteiger partial charge in [0.1, 0.15) is 11.6 Å². The summed E-state index contributed by atoms with van der Waals surface area (Å²) in [5.41, 5.74) is 0.978. The lowest BCUT2D eigenvalue weighted by Gasteiger charge is -2.16. The third-order valence-electron chi connectivity index (χ3n) is 2.91. The zero-order valence-corrected chi connectivity index (χ0v) is 13.7. The lowest BCUT2D eigenvalue weighted by atomic mass is 10.0. The Balaban J connectivity index is 3.18. The SMILES string of the molecule is CCNc1nc(C(CC)CC)nc(COC)c1I. The molecule has 0 saturated carbocycles. The second-order valence-electron chi connectivity index (χ2n) is 4.17. The molecule has 0 aliphatic heterocycles. The van der Waals surface area contributed by atoms with Gasteiger partial charge >= 0.3 is 0 Å². The molecule has 0 spiro atoms. The molecule has 0 bridgehead atoms. The zero-order valence-electron chi connectivity index (χ0n) is 11.6. The number of methoxy groups -OCH3 is 1. The van der Waals surface area contributed by atoms with Crippen LogP contribution in [0.3, 0.4) is 0 Å². The molecule has 0 radical (unpaired) electrons. The van der Waals surface area contributed by atoms with Crippen LogP contribution in [0.4, 0.5) is 5.82 Å². The summed E-state index contributed by atoms with van der Waals surface area (Å²) in [4.78, 5) is 9.32. The van der Waals surface area contributed by atoms with E-state index in [0.717, 1.165) is 40.3 Å². The molecule has 4 nitrogen and oxygen atoms in total. The van der Waals surface area contributed by atoms with E-state index in [1.54, 1.807) is 7.11 Å². The number of hydrogen-bond donors (Lipinski definition) is 1. The highest BCUT2D eigenvalue weighted by Crippen LogP contribution is 2.25. The predicted molar refractivity (Wildman–Crippen MR) is 82.9 cm³/mol. The second-order valence-corrected chi connectivity index (χ2v) is 5.25. The van der Waals surface area contributed by atoms with E-state index in [0.29, 0.717) is 12.5 Å². The van der Waals surface area contributed by atoms with Gasteiger partial charge in [0.25, 0.3) is 0 Å². The van der Waals surface area contributed by atoms with Crippen LogP contribution in [0.25, 0.3) is 0 Å².